The first-order valence-corrected chi connectivity index (χ1v) is 9.03. The summed E-state index contributed by atoms with van der Waals surface area (Å²) in [6.45, 7) is 6.15. The Labute approximate surface area is 161 Å². The summed E-state index contributed by atoms with van der Waals surface area (Å²) in [5, 5.41) is 5.50. The standard InChI is InChI=1S/C18H23BrN2O5/c1-6-26-16-11(19)7-10(8-12(16)24-4)15-13(17(22)25-5)14(9(2)3)20-18(23)21-15/h7-9,15H,6H2,1-5H3,(H2,20,21,23). The third-order valence-corrected chi connectivity index (χ3v) is 4.55. The number of ether oxygens (including phenoxy) is 3. The highest BCUT2D eigenvalue weighted by Crippen LogP contribution is 2.40. The molecule has 0 aromatic heterocycles. The molecule has 0 aliphatic carbocycles. The first-order chi connectivity index (χ1) is 12.3. The number of carbonyl (C=O) groups is 2. The lowest BCUT2D eigenvalue weighted by Gasteiger charge is -2.31. The number of methoxy groups -OCH3 is 2. The Morgan fingerprint density at radius 3 is 2.54 bits per heavy atom. The van der Waals surface area contributed by atoms with Crippen molar-refractivity contribution in [2.75, 3.05) is 20.8 Å². The van der Waals surface area contributed by atoms with Gasteiger partial charge in [0.15, 0.2) is 11.5 Å². The normalized spacial score (nSPS) is 16.9. The molecule has 1 atom stereocenters. The van der Waals surface area contributed by atoms with Gasteiger partial charge in [-0.2, -0.15) is 0 Å². The van der Waals surface area contributed by atoms with Crippen LogP contribution in [-0.2, 0) is 9.53 Å². The summed E-state index contributed by atoms with van der Waals surface area (Å²) in [5.74, 6) is 0.492. The van der Waals surface area contributed by atoms with E-state index in [1.165, 1.54) is 14.2 Å². The Morgan fingerprint density at radius 1 is 1.31 bits per heavy atom. The maximum atomic E-state index is 12.4. The van der Waals surface area contributed by atoms with Crippen molar-refractivity contribution < 1.29 is 23.8 Å². The number of esters is 1. The molecule has 142 valence electrons. The van der Waals surface area contributed by atoms with Crippen molar-refractivity contribution in [3.8, 4) is 11.5 Å². The number of allylic oxidation sites excluding steroid dienone is 1. The summed E-state index contributed by atoms with van der Waals surface area (Å²) >= 11 is 3.47. The molecule has 1 aliphatic rings. The van der Waals surface area contributed by atoms with E-state index in [1.54, 1.807) is 12.1 Å². The van der Waals surface area contributed by atoms with Crippen LogP contribution in [0.25, 0.3) is 0 Å². The number of carbonyl (C=O) groups excluding carboxylic acids is 2. The molecule has 7 nitrogen and oxygen atoms in total. The number of amides is 2. The number of halogens is 1. The highest BCUT2D eigenvalue weighted by molar-refractivity contribution is 9.10. The lowest BCUT2D eigenvalue weighted by Crippen LogP contribution is -2.47. The van der Waals surface area contributed by atoms with Crippen LogP contribution in [0.1, 0.15) is 32.4 Å². The van der Waals surface area contributed by atoms with Gasteiger partial charge in [0, 0.05) is 5.70 Å². The summed E-state index contributed by atoms with van der Waals surface area (Å²) in [6.07, 6.45) is 0. The Bertz CT molecular complexity index is 745. The van der Waals surface area contributed by atoms with Crippen LogP contribution in [0, 0.1) is 5.92 Å². The molecule has 1 heterocycles. The van der Waals surface area contributed by atoms with Crippen molar-refractivity contribution in [2.45, 2.75) is 26.8 Å². The average Bonchev–Trinajstić information content (AvgIpc) is 2.61. The van der Waals surface area contributed by atoms with Gasteiger partial charge >= 0.3 is 12.0 Å². The molecule has 2 rings (SSSR count). The molecule has 1 aromatic rings. The van der Waals surface area contributed by atoms with Gasteiger partial charge < -0.3 is 24.8 Å². The minimum absolute atomic E-state index is 0.0642. The van der Waals surface area contributed by atoms with Crippen LogP contribution < -0.4 is 20.1 Å². The van der Waals surface area contributed by atoms with Crippen molar-refractivity contribution in [1.82, 2.24) is 10.6 Å². The summed E-state index contributed by atoms with van der Waals surface area (Å²) in [5.41, 5.74) is 1.57. The highest BCUT2D eigenvalue weighted by atomic mass is 79.9. The van der Waals surface area contributed by atoms with Crippen molar-refractivity contribution >= 4 is 27.9 Å². The van der Waals surface area contributed by atoms with E-state index in [2.05, 4.69) is 26.6 Å². The Morgan fingerprint density at radius 2 is 2.00 bits per heavy atom. The van der Waals surface area contributed by atoms with E-state index in [0.29, 0.717) is 39.4 Å². The number of nitrogens with one attached hydrogen (secondary N) is 2. The molecule has 1 unspecified atom stereocenters. The molecule has 8 heteroatoms. The topological polar surface area (TPSA) is 85.9 Å². The molecule has 0 saturated carbocycles. The second kappa shape index (κ2) is 8.44. The third kappa shape index (κ3) is 3.95. The molecular formula is C18H23BrN2O5. The van der Waals surface area contributed by atoms with Crippen LogP contribution in [0.15, 0.2) is 27.9 Å². The van der Waals surface area contributed by atoms with Gasteiger partial charge in [-0.3, -0.25) is 0 Å². The monoisotopic (exact) mass is 426 g/mol. The molecule has 0 bridgehead atoms. The van der Waals surface area contributed by atoms with E-state index < -0.39 is 12.0 Å². The number of urea groups is 1. The fourth-order valence-electron chi connectivity index (χ4n) is 2.82. The SMILES string of the molecule is CCOc1c(Br)cc(C2NC(=O)NC(C(C)C)=C2C(=O)OC)cc1OC. The second-order valence-corrected chi connectivity index (χ2v) is 6.83. The van der Waals surface area contributed by atoms with E-state index in [0.717, 1.165) is 0 Å². The number of rotatable bonds is 6. The van der Waals surface area contributed by atoms with Crippen molar-refractivity contribution in [2.24, 2.45) is 5.92 Å². The molecule has 0 fully saturated rings. The summed E-state index contributed by atoms with van der Waals surface area (Å²) in [7, 11) is 2.85. The molecule has 0 spiro atoms. The maximum absolute atomic E-state index is 12.4. The molecule has 1 aliphatic heterocycles. The summed E-state index contributed by atoms with van der Waals surface area (Å²) in [6, 6.07) is 2.49. The number of hydrogen-bond donors (Lipinski definition) is 2. The number of hydrogen-bond acceptors (Lipinski definition) is 5. The van der Waals surface area contributed by atoms with E-state index >= 15 is 0 Å². The zero-order chi connectivity index (χ0) is 19.4. The quantitative estimate of drug-likeness (QED) is 0.681. The van der Waals surface area contributed by atoms with Crippen molar-refractivity contribution in [3.05, 3.63) is 33.4 Å². The van der Waals surface area contributed by atoms with Gasteiger partial charge in [-0.25, -0.2) is 9.59 Å². The van der Waals surface area contributed by atoms with Crippen LogP contribution in [0.4, 0.5) is 4.79 Å². The van der Waals surface area contributed by atoms with E-state index in [-0.39, 0.29) is 11.9 Å². The van der Waals surface area contributed by atoms with Gasteiger partial charge in [0.2, 0.25) is 0 Å². The second-order valence-electron chi connectivity index (χ2n) is 5.97. The minimum atomic E-state index is -0.672. The molecule has 0 saturated heterocycles. The van der Waals surface area contributed by atoms with Gasteiger partial charge in [-0.05, 0) is 46.5 Å². The van der Waals surface area contributed by atoms with Crippen LogP contribution in [0.2, 0.25) is 0 Å². The predicted octanol–water partition coefficient (Wildman–Crippen LogP) is 3.29. The van der Waals surface area contributed by atoms with E-state index in [9.17, 15) is 9.59 Å². The Kier molecular flexibility index (Phi) is 6.52. The van der Waals surface area contributed by atoms with Crippen LogP contribution in [0.3, 0.4) is 0 Å². The van der Waals surface area contributed by atoms with Crippen molar-refractivity contribution in [3.63, 3.8) is 0 Å². The van der Waals surface area contributed by atoms with E-state index in [4.69, 9.17) is 14.2 Å². The third-order valence-electron chi connectivity index (χ3n) is 3.96. The zero-order valence-electron chi connectivity index (χ0n) is 15.4. The van der Waals surface area contributed by atoms with Gasteiger partial charge in [-0.1, -0.05) is 13.8 Å². The molecule has 1 aromatic carbocycles. The van der Waals surface area contributed by atoms with Crippen LogP contribution >= 0.6 is 15.9 Å². The predicted molar refractivity (Wildman–Crippen MR) is 100 cm³/mol. The highest BCUT2D eigenvalue weighted by Gasteiger charge is 2.35. The van der Waals surface area contributed by atoms with E-state index in [1.807, 2.05) is 20.8 Å². The molecular weight excluding hydrogens is 404 g/mol. The summed E-state index contributed by atoms with van der Waals surface area (Å²) < 4.78 is 16.6. The van der Waals surface area contributed by atoms with Crippen LogP contribution in [-0.4, -0.2) is 32.8 Å². The van der Waals surface area contributed by atoms with Gasteiger partial charge in [-0.15, -0.1) is 0 Å². The first-order valence-electron chi connectivity index (χ1n) is 8.24. The molecule has 26 heavy (non-hydrogen) atoms. The van der Waals surface area contributed by atoms with Gasteiger partial charge in [0.1, 0.15) is 0 Å². The number of benzene rings is 1. The molecule has 0 radical (unpaired) electrons. The Hall–Kier alpha value is -2.22. The molecule has 2 amide bonds. The summed E-state index contributed by atoms with van der Waals surface area (Å²) in [4.78, 5) is 24.6. The largest absolute Gasteiger partial charge is 0.493 e. The van der Waals surface area contributed by atoms with Gasteiger partial charge in [0.25, 0.3) is 0 Å². The maximum Gasteiger partial charge on any atom is 0.337 e. The average molecular weight is 427 g/mol. The zero-order valence-corrected chi connectivity index (χ0v) is 17.0. The lowest BCUT2D eigenvalue weighted by molar-refractivity contribution is -0.136. The lowest BCUT2D eigenvalue weighted by atomic mass is 9.91. The van der Waals surface area contributed by atoms with Crippen molar-refractivity contribution in [1.29, 1.82) is 0 Å². The fourth-order valence-corrected chi connectivity index (χ4v) is 3.39. The Balaban J connectivity index is 2.63. The molecule has 2 N–H and O–H groups in total. The fraction of sp³-hybridized carbons (Fsp3) is 0.444. The minimum Gasteiger partial charge on any atom is -0.493 e. The van der Waals surface area contributed by atoms with Gasteiger partial charge in [0.05, 0.1) is 36.9 Å². The smallest absolute Gasteiger partial charge is 0.337 e. The first kappa shape index (κ1) is 20.1. The van der Waals surface area contributed by atoms with Crippen LogP contribution in [0.5, 0.6) is 11.5 Å².